The standard InChI is InChI=1S/C30H31BO2/c1-29(2)30(3,4)33-31(32-29)22-11-9-10-20(18-22)21-16-17-27-25-14-6-5-12-23(25)24-13-7-8-15-26(24)28(27)19-21/h6,8-11,14-19H,5,7,12-13H2,1-4H3. The molecular weight excluding hydrogens is 403 g/mol. The van der Waals surface area contributed by atoms with E-state index in [1.807, 2.05) is 0 Å². The molecule has 2 nitrogen and oxygen atoms in total. The first kappa shape index (κ1) is 21.0. The lowest BCUT2D eigenvalue weighted by atomic mass is 9.77. The first-order valence-electron chi connectivity index (χ1n) is 12.2. The largest absolute Gasteiger partial charge is 0.494 e. The average molecular weight is 434 g/mol. The van der Waals surface area contributed by atoms with Crippen LogP contribution in [0.2, 0.25) is 0 Å². The Morgan fingerprint density at radius 1 is 0.697 bits per heavy atom. The highest BCUT2D eigenvalue weighted by Gasteiger charge is 2.51. The third kappa shape index (κ3) is 3.33. The molecule has 0 unspecified atom stereocenters. The number of benzene rings is 3. The molecule has 166 valence electrons. The molecule has 2 aliphatic carbocycles. The Hall–Kier alpha value is -2.62. The average Bonchev–Trinajstić information content (AvgIpc) is 3.06. The van der Waals surface area contributed by atoms with E-state index in [0.29, 0.717) is 0 Å². The molecule has 0 saturated carbocycles. The van der Waals surface area contributed by atoms with Crippen LogP contribution < -0.4 is 5.46 Å². The number of allylic oxidation sites excluding steroid dienone is 2. The Balaban J connectivity index is 1.46. The lowest BCUT2D eigenvalue weighted by Crippen LogP contribution is -2.41. The van der Waals surface area contributed by atoms with Crippen molar-refractivity contribution in [2.24, 2.45) is 0 Å². The van der Waals surface area contributed by atoms with E-state index >= 15 is 0 Å². The molecule has 6 rings (SSSR count). The highest BCUT2D eigenvalue weighted by Crippen LogP contribution is 2.40. The molecule has 0 aromatic heterocycles. The van der Waals surface area contributed by atoms with E-state index < -0.39 is 0 Å². The van der Waals surface area contributed by atoms with Gasteiger partial charge in [-0.1, -0.05) is 60.7 Å². The quantitative estimate of drug-likeness (QED) is 0.417. The molecule has 1 aliphatic heterocycles. The fourth-order valence-corrected chi connectivity index (χ4v) is 5.49. The number of hydrogen-bond donors (Lipinski definition) is 0. The topological polar surface area (TPSA) is 18.5 Å². The Morgan fingerprint density at radius 3 is 1.97 bits per heavy atom. The van der Waals surface area contributed by atoms with Gasteiger partial charge in [-0.25, -0.2) is 0 Å². The minimum Gasteiger partial charge on any atom is -0.399 e. The predicted molar refractivity (Wildman–Crippen MR) is 140 cm³/mol. The molecule has 1 fully saturated rings. The lowest BCUT2D eigenvalue weighted by molar-refractivity contribution is 0.00578. The van der Waals surface area contributed by atoms with Crippen molar-refractivity contribution in [3.05, 3.63) is 76.9 Å². The van der Waals surface area contributed by atoms with Crippen LogP contribution in [0.3, 0.4) is 0 Å². The van der Waals surface area contributed by atoms with E-state index in [2.05, 4.69) is 94.5 Å². The normalized spacial score (nSPS) is 20.2. The van der Waals surface area contributed by atoms with Crippen molar-refractivity contribution in [2.45, 2.75) is 64.6 Å². The van der Waals surface area contributed by atoms with Crippen LogP contribution in [0, 0.1) is 0 Å². The summed E-state index contributed by atoms with van der Waals surface area (Å²) in [5.41, 5.74) is 8.82. The van der Waals surface area contributed by atoms with Gasteiger partial charge in [0.05, 0.1) is 11.2 Å². The van der Waals surface area contributed by atoms with Crippen molar-refractivity contribution in [3.63, 3.8) is 0 Å². The molecule has 3 aromatic rings. The molecule has 3 aromatic carbocycles. The predicted octanol–water partition coefficient (Wildman–Crippen LogP) is 6.72. The van der Waals surface area contributed by atoms with E-state index in [4.69, 9.17) is 9.31 Å². The van der Waals surface area contributed by atoms with Gasteiger partial charge in [-0.15, -0.1) is 0 Å². The maximum atomic E-state index is 6.31. The van der Waals surface area contributed by atoms with Crippen molar-refractivity contribution < 1.29 is 9.31 Å². The number of fused-ring (bicyclic) bond motifs is 6. The molecule has 33 heavy (non-hydrogen) atoms. The van der Waals surface area contributed by atoms with Gasteiger partial charge in [-0.2, -0.15) is 0 Å². The van der Waals surface area contributed by atoms with Gasteiger partial charge in [0, 0.05) is 0 Å². The maximum Gasteiger partial charge on any atom is 0.494 e. The summed E-state index contributed by atoms with van der Waals surface area (Å²) in [5, 5.41) is 2.74. The zero-order valence-electron chi connectivity index (χ0n) is 20.1. The Labute approximate surface area is 197 Å². The van der Waals surface area contributed by atoms with Crippen LogP contribution >= 0.6 is 0 Å². The van der Waals surface area contributed by atoms with Crippen molar-refractivity contribution in [3.8, 4) is 11.1 Å². The van der Waals surface area contributed by atoms with Gasteiger partial charge >= 0.3 is 7.12 Å². The van der Waals surface area contributed by atoms with Gasteiger partial charge in [0.1, 0.15) is 0 Å². The highest BCUT2D eigenvalue weighted by molar-refractivity contribution is 6.62. The second-order valence-corrected chi connectivity index (χ2v) is 10.6. The molecule has 3 aliphatic rings. The van der Waals surface area contributed by atoms with Gasteiger partial charge in [0.15, 0.2) is 0 Å². The first-order chi connectivity index (χ1) is 15.8. The molecule has 0 radical (unpaired) electrons. The van der Waals surface area contributed by atoms with E-state index in [-0.39, 0.29) is 18.3 Å². The van der Waals surface area contributed by atoms with Crippen LogP contribution in [0.15, 0.2) is 54.6 Å². The van der Waals surface area contributed by atoms with Gasteiger partial charge < -0.3 is 9.31 Å². The molecule has 0 amide bonds. The van der Waals surface area contributed by atoms with Crippen molar-refractivity contribution >= 4 is 35.5 Å². The summed E-state index contributed by atoms with van der Waals surface area (Å²) in [7, 11) is -0.344. The Kier molecular flexibility index (Phi) is 4.73. The molecule has 0 spiro atoms. The second kappa shape index (κ2) is 7.45. The Morgan fingerprint density at radius 2 is 1.30 bits per heavy atom. The third-order valence-electron chi connectivity index (χ3n) is 8.05. The highest BCUT2D eigenvalue weighted by atomic mass is 16.7. The van der Waals surface area contributed by atoms with Gasteiger partial charge in [-0.05, 0) is 109 Å². The van der Waals surface area contributed by atoms with E-state index in [9.17, 15) is 0 Å². The fourth-order valence-electron chi connectivity index (χ4n) is 5.49. The van der Waals surface area contributed by atoms with Crippen LogP contribution in [-0.4, -0.2) is 18.3 Å². The SMILES string of the molecule is CC1(C)OB(c2cccc(-c3ccc4c5c(c6c(c4c3)C=CCC6)CCC=C5)c2)OC1(C)C. The molecule has 0 N–H and O–H groups in total. The lowest BCUT2D eigenvalue weighted by Gasteiger charge is -2.32. The third-order valence-corrected chi connectivity index (χ3v) is 8.05. The smallest absolute Gasteiger partial charge is 0.399 e. The summed E-state index contributed by atoms with van der Waals surface area (Å²) in [5.74, 6) is 0. The minimum atomic E-state index is -0.344. The number of rotatable bonds is 2. The van der Waals surface area contributed by atoms with Crippen LogP contribution in [0.4, 0.5) is 0 Å². The molecular formula is C30H31BO2. The summed E-state index contributed by atoms with van der Waals surface area (Å²) < 4.78 is 12.6. The minimum absolute atomic E-state index is 0.339. The summed E-state index contributed by atoms with van der Waals surface area (Å²) >= 11 is 0. The molecule has 0 atom stereocenters. The van der Waals surface area contributed by atoms with Crippen molar-refractivity contribution in [1.29, 1.82) is 0 Å². The van der Waals surface area contributed by atoms with Gasteiger partial charge in [0.2, 0.25) is 0 Å². The molecule has 1 heterocycles. The van der Waals surface area contributed by atoms with Crippen LogP contribution in [-0.2, 0) is 22.2 Å². The van der Waals surface area contributed by atoms with E-state index in [1.165, 1.54) is 33.0 Å². The van der Waals surface area contributed by atoms with Crippen LogP contribution in [0.25, 0.3) is 34.1 Å². The summed E-state index contributed by atoms with van der Waals surface area (Å²) in [4.78, 5) is 0. The summed E-state index contributed by atoms with van der Waals surface area (Å²) in [6, 6.07) is 15.6. The van der Waals surface area contributed by atoms with Gasteiger partial charge in [-0.3, -0.25) is 0 Å². The zero-order chi connectivity index (χ0) is 22.8. The van der Waals surface area contributed by atoms with E-state index in [0.717, 1.165) is 31.1 Å². The number of hydrogen-bond acceptors (Lipinski definition) is 2. The van der Waals surface area contributed by atoms with Crippen LogP contribution in [0.5, 0.6) is 0 Å². The van der Waals surface area contributed by atoms with Crippen molar-refractivity contribution in [1.82, 2.24) is 0 Å². The monoisotopic (exact) mass is 434 g/mol. The van der Waals surface area contributed by atoms with E-state index in [1.54, 1.807) is 11.1 Å². The Bertz CT molecular complexity index is 1310. The summed E-state index contributed by atoms with van der Waals surface area (Å²) in [6.07, 6.45) is 14.0. The zero-order valence-corrected chi connectivity index (χ0v) is 20.1. The molecule has 1 saturated heterocycles. The first-order valence-corrected chi connectivity index (χ1v) is 12.2. The van der Waals surface area contributed by atoms with Gasteiger partial charge in [0.25, 0.3) is 0 Å². The van der Waals surface area contributed by atoms with Crippen molar-refractivity contribution in [2.75, 3.05) is 0 Å². The summed E-state index contributed by atoms with van der Waals surface area (Å²) in [6.45, 7) is 8.41. The fraction of sp³-hybridized carbons (Fsp3) is 0.333. The van der Waals surface area contributed by atoms with Crippen LogP contribution in [0.1, 0.15) is 62.8 Å². The maximum absolute atomic E-state index is 6.31. The molecule has 0 bridgehead atoms. The second-order valence-electron chi connectivity index (χ2n) is 10.6. The molecule has 3 heteroatoms.